The molecule has 3 aromatic carbocycles. The van der Waals surface area contributed by atoms with E-state index < -0.39 is 18.1 Å². The maximum Gasteiger partial charge on any atom is 0.262 e. The number of halogens is 1. The van der Waals surface area contributed by atoms with Gasteiger partial charge in [-0.15, -0.1) is 0 Å². The van der Waals surface area contributed by atoms with Crippen LogP contribution in [0.25, 0.3) is 0 Å². The molecule has 0 N–H and O–H groups in total. The van der Waals surface area contributed by atoms with Crippen LogP contribution in [0.4, 0.5) is 5.69 Å². The number of aryl methyl sites for hydroxylation is 1. The number of carbonyl (C=O) groups excluding carboxylic acids is 2. The summed E-state index contributed by atoms with van der Waals surface area (Å²) >= 11 is 6.09. The molecule has 0 aliphatic carbocycles. The lowest BCUT2D eigenvalue weighted by atomic mass is 9.90. The Bertz CT molecular complexity index is 1120. The first kappa shape index (κ1) is 19.8. The molecule has 2 aliphatic heterocycles. The van der Waals surface area contributed by atoms with E-state index in [1.807, 2.05) is 73.7 Å². The number of rotatable bonds is 4. The fourth-order valence-electron chi connectivity index (χ4n) is 4.31. The Morgan fingerprint density at radius 1 is 0.871 bits per heavy atom. The number of hydrogen-bond acceptors (Lipinski definition) is 4. The van der Waals surface area contributed by atoms with Crippen LogP contribution in [0, 0.1) is 12.8 Å². The summed E-state index contributed by atoms with van der Waals surface area (Å²) < 4.78 is 0. The van der Waals surface area contributed by atoms with Crippen LogP contribution in [-0.4, -0.2) is 22.8 Å². The lowest BCUT2D eigenvalue weighted by molar-refractivity contribution is -0.143. The number of nitrogens with zero attached hydrogens (tertiary/aromatic N) is 2. The average Bonchev–Trinajstić information content (AvgIpc) is 3.28. The highest BCUT2D eigenvalue weighted by atomic mass is 35.5. The fraction of sp³-hybridized carbons (Fsp3) is 0.200. The van der Waals surface area contributed by atoms with Crippen LogP contribution in [0.5, 0.6) is 0 Å². The van der Waals surface area contributed by atoms with E-state index in [9.17, 15) is 9.59 Å². The van der Waals surface area contributed by atoms with Crippen molar-refractivity contribution in [2.75, 3.05) is 5.06 Å². The summed E-state index contributed by atoms with van der Waals surface area (Å²) in [6, 6.07) is 24.3. The molecule has 5 nitrogen and oxygen atoms in total. The normalized spacial score (nSPS) is 22.8. The highest BCUT2D eigenvalue weighted by Gasteiger charge is 2.59. The zero-order valence-corrected chi connectivity index (χ0v) is 17.7. The number of likely N-dealkylation sites (tertiary alicyclic amines) is 1. The predicted molar refractivity (Wildman–Crippen MR) is 118 cm³/mol. The first-order valence-corrected chi connectivity index (χ1v) is 10.6. The molecule has 0 radical (unpaired) electrons. The Kier molecular flexibility index (Phi) is 5.00. The van der Waals surface area contributed by atoms with E-state index in [4.69, 9.17) is 16.4 Å². The van der Waals surface area contributed by atoms with Crippen LogP contribution < -0.4 is 5.06 Å². The Labute approximate surface area is 185 Å². The Balaban J connectivity index is 1.52. The maximum atomic E-state index is 13.5. The van der Waals surface area contributed by atoms with Crippen molar-refractivity contribution in [2.45, 2.75) is 25.6 Å². The van der Waals surface area contributed by atoms with Gasteiger partial charge in [0.1, 0.15) is 5.92 Å². The summed E-state index contributed by atoms with van der Waals surface area (Å²) in [5.41, 5.74) is 3.70. The smallest absolute Gasteiger partial charge is 0.262 e. The summed E-state index contributed by atoms with van der Waals surface area (Å²) in [6.45, 7) is 2.25. The molecule has 2 saturated heterocycles. The van der Waals surface area contributed by atoms with Gasteiger partial charge in [0.2, 0.25) is 5.91 Å². The minimum Gasteiger partial charge on any atom is -0.275 e. The molecule has 0 bridgehead atoms. The molecule has 31 heavy (non-hydrogen) atoms. The molecule has 3 unspecified atom stereocenters. The second-order valence-corrected chi connectivity index (χ2v) is 8.39. The molecule has 0 spiro atoms. The number of carbonyl (C=O) groups is 2. The van der Waals surface area contributed by atoms with Crippen LogP contribution in [0.2, 0.25) is 5.02 Å². The van der Waals surface area contributed by atoms with Crippen molar-refractivity contribution in [3.8, 4) is 0 Å². The first-order chi connectivity index (χ1) is 15.0. The number of benzene rings is 3. The van der Waals surface area contributed by atoms with Crippen LogP contribution in [0.3, 0.4) is 0 Å². The molecule has 2 heterocycles. The molecule has 3 atom stereocenters. The van der Waals surface area contributed by atoms with Gasteiger partial charge in [0.25, 0.3) is 5.91 Å². The molecular formula is C25H21ClN2O3. The second kappa shape index (κ2) is 7.84. The zero-order valence-electron chi connectivity index (χ0n) is 16.9. The van der Waals surface area contributed by atoms with E-state index in [0.29, 0.717) is 5.02 Å². The third-order valence-electron chi connectivity index (χ3n) is 5.89. The van der Waals surface area contributed by atoms with E-state index in [-0.39, 0.29) is 18.4 Å². The van der Waals surface area contributed by atoms with Crippen molar-refractivity contribution in [1.29, 1.82) is 0 Å². The van der Waals surface area contributed by atoms with Gasteiger partial charge in [0.15, 0.2) is 6.10 Å². The standard InChI is InChI=1S/C25H21ClN2O3/c1-16-7-13-20(14-8-16)28-22(18-9-11-19(26)12-10-18)21-23(31-28)25(30)27(24(21)29)15-17-5-3-2-4-6-17/h2-14,21-23H,15H2,1H3. The number of anilines is 1. The lowest BCUT2D eigenvalue weighted by Gasteiger charge is -2.29. The Morgan fingerprint density at radius 2 is 1.55 bits per heavy atom. The molecule has 0 aromatic heterocycles. The second-order valence-electron chi connectivity index (χ2n) is 7.96. The van der Waals surface area contributed by atoms with Crippen molar-refractivity contribution >= 4 is 29.1 Å². The average molecular weight is 433 g/mol. The van der Waals surface area contributed by atoms with Crippen molar-refractivity contribution in [3.05, 3.63) is 101 Å². The van der Waals surface area contributed by atoms with Gasteiger partial charge in [-0.05, 0) is 42.3 Å². The van der Waals surface area contributed by atoms with E-state index in [1.54, 1.807) is 17.2 Å². The molecule has 5 rings (SSSR count). The third kappa shape index (κ3) is 3.50. The molecule has 0 saturated carbocycles. The Morgan fingerprint density at radius 3 is 2.23 bits per heavy atom. The van der Waals surface area contributed by atoms with E-state index in [1.165, 1.54) is 4.90 Å². The SMILES string of the molecule is Cc1ccc(N2OC3C(=O)N(Cc4ccccc4)C(=O)C3C2c2ccc(Cl)cc2)cc1. The van der Waals surface area contributed by atoms with Gasteiger partial charge >= 0.3 is 0 Å². The third-order valence-corrected chi connectivity index (χ3v) is 6.14. The molecule has 2 fully saturated rings. The predicted octanol–water partition coefficient (Wildman–Crippen LogP) is 4.70. The number of imide groups is 1. The molecule has 156 valence electrons. The van der Waals surface area contributed by atoms with Gasteiger partial charge in [-0.25, -0.2) is 5.06 Å². The quantitative estimate of drug-likeness (QED) is 0.561. The van der Waals surface area contributed by atoms with Crippen molar-refractivity contribution in [3.63, 3.8) is 0 Å². The minimum atomic E-state index is -0.849. The van der Waals surface area contributed by atoms with Crippen LogP contribution >= 0.6 is 11.6 Å². The van der Waals surface area contributed by atoms with E-state index >= 15 is 0 Å². The highest BCUT2D eigenvalue weighted by molar-refractivity contribution is 6.30. The monoisotopic (exact) mass is 432 g/mol. The van der Waals surface area contributed by atoms with Crippen molar-refractivity contribution in [1.82, 2.24) is 4.90 Å². The topological polar surface area (TPSA) is 49.9 Å². The largest absolute Gasteiger partial charge is 0.275 e. The van der Waals surface area contributed by atoms with Gasteiger partial charge < -0.3 is 0 Å². The summed E-state index contributed by atoms with van der Waals surface area (Å²) in [6.07, 6.45) is -0.849. The van der Waals surface area contributed by atoms with Crippen LogP contribution in [0.1, 0.15) is 22.7 Å². The first-order valence-electron chi connectivity index (χ1n) is 10.2. The van der Waals surface area contributed by atoms with Crippen molar-refractivity contribution in [2.24, 2.45) is 5.92 Å². The summed E-state index contributed by atoms with van der Waals surface area (Å²) in [7, 11) is 0. The Hall–Kier alpha value is -3.15. The highest BCUT2D eigenvalue weighted by Crippen LogP contribution is 2.47. The number of amides is 2. The summed E-state index contributed by atoms with van der Waals surface area (Å²) in [5.74, 6) is -1.14. The summed E-state index contributed by atoms with van der Waals surface area (Å²) in [4.78, 5) is 34.1. The van der Waals surface area contributed by atoms with Gasteiger partial charge in [-0.2, -0.15) is 0 Å². The van der Waals surface area contributed by atoms with Crippen molar-refractivity contribution < 1.29 is 14.4 Å². The number of hydrogen-bond donors (Lipinski definition) is 0. The fourth-order valence-corrected chi connectivity index (χ4v) is 4.43. The van der Waals surface area contributed by atoms with Gasteiger partial charge in [0, 0.05) is 5.02 Å². The maximum absolute atomic E-state index is 13.5. The lowest BCUT2D eigenvalue weighted by Crippen LogP contribution is -2.36. The van der Waals surface area contributed by atoms with E-state index in [2.05, 4.69) is 0 Å². The number of hydroxylamine groups is 1. The molecular weight excluding hydrogens is 412 g/mol. The van der Waals surface area contributed by atoms with Gasteiger partial charge in [-0.3, -0.25) is 19.3 Å². The van der Waals surface area contributed by atoms with Gasteiger partial charge in [0.05, 0.1) is 18.3 Å². The van der Waals surface area contributed by atoms with Gasteiger partial charge in [-0.1, -0.05) is 71.8 Å². The summed E-state index contributed by atoms with van der Waals surface area (Å²) in [5, 5.41) is 2.31. The van der Waals surface area contributed by atoms with Crippen LogP contribution in [-0.2, 0) is 21.0 Å². The zero-order chi connectivity index (χ0) is 21.5. The minimum absolute atomic E-state index is 0.214. The molecule has 3 aromatic rings. The molecule has 2 aliphatic rings. The molecule has 6 heteroatoms. The van der Waals surface area contributed by atoms with Crippen LogP contribution in [0.15, 0.2) is 78.9 Å². The number of fused-ring (bicyclic) bond motifs is 1. The molecule has 2 amide bonds. The van der Waals surface area contributed by atoms with E-state index in [0.717, 1.165) is 22.4 Å².